The lowest BCUT2D eigenvalue weighted by molar-refractivity contribution is 0.0904. The summed E-state index contributed by atoms with van der Waals surface area (Å²) in [5.41, 5.74) is 1.46. The van der Waals surface area contributed by atoms with Crippen molar-refractivity contribution in [3.8, 4) is 0 Å². The molecule has 0 aliphatic carbocycles. The van der Waals surface area contributed by atoms with E-state index >= 15 is 0 Å². The molecule has 1 N–H and O–H groups in total. The Morgan fingerprint density at radius 2 is 2.00 bits per heavy atom. The van der Waals surface area contributed by atoms with Crippen LogP contribution in [0.25, 0.3) is 0 Å². The SMILES string of the molecule is c1ccc(CN2CC[C@@H]3CNCC[C@@H]3C2)cc1. The number of benzene rings is 1. The summed E-state index contributed by atoms with van der Waals surface area (Å²) < 4.78 is 0. The Hall–Kier alpha value is -0.860. The van der Waals surface area contributed by atoms with Crippen LogP contribution >= 0.6 is 0 Å². The second kappa shape index (κ2) is 5.19. The van der Waals surface area contributed by atoms with E-state index in [9.17, 15) is 0 Å². The van der Waals surface area contributed by atoms with Crippen molar-refractivity contribution >= 4 is 0 Å². The van der Waals surface area contributed by atoms with Gasteiger partial charge in [0.25, 0.3) is 0 Å². The summed E-state index contributed by atoms with van der Waals surface area (Å²) in [5, 5.41) is 3.53. The van der Waals surface area contributed by atoms with Crippen molar-refractivity contribution < 1.29 is 0 Å². The van der Waals surface area contributed by atoms with Crippen LogP contribution in [-0.2, 0) is 6.54 Å². The minimum absolute atomic E-state index is 0.939. The van der Waals surface area contributed by atoms with Gasteiger partial charge < -0.3 is 5.32 Å². The molecule has 2 atom stereocenters. The van der Waals surface area contributed by atoms with Gasteiger partial charge in [-0.2, -0.15) is 0 Å². The van der Waals surface area contributed by atoms with Crippen LogP contribution in [0.3, 0.4) is 0 Å². The Kier molecular flexibility index (Phi) is 3.44. The summed E-state index contributed by atoms with van der Waals surface area (Å²) >= 11 is 0. The Balaban J connectivity index is 1.59. The van der Waals surface area contributed by atoms with Crippen molar-refractivity contribution in [2.45, 2.75) is 19.4 Å². The minimum atomic E-state index is 0.939. The van der Waals surface area contributed by atoms with Crippen molar-refractivity contribution in [1.82, 2.24) is 10.2 Å². The summed E-state index contributed by atoms with van der Waals surface area (Å²) in [5.74, 6) is 1.88. The number of nitrogens with zero attached hydrogens (tertiary/aromatic N) is 1. The van der Waals surface area contributed by atoms with E-state index in [-0.39, 0.29) is 0 Å². The Morgan fingerprint density at radius 1 is 1.12 bits per heavy atom. The fourth-order valence-corrected chi connectivity index (χ4v) is 3.31. The predicted octanol–water partition coefficient (Wildman–Crippen LogP) is 2.12. The number of likely N-dealkylation sites (tertiary alicyclic amines) is 1. The molecule has 2 fully saturated rings. The number of fused-ring (bicyclic) bond motifs is 1. The Morgan fingerprint density at radius 3 is 2.88 bits per heavy atom. The number of rotatable bonds is 2. The number of nitrogens with one attached hydrogen (secondary N) is 1. The van der Waals surface area contributed by atoms with Gasteiger partial charge in [-0.25, -0.2) is 0 Å². The number of hydrogen-bond donors (Lipinski definition) is 1. The fourth-order valence-electron chi connectivity index (χ4n) is 3.31. The molecule has 1 aromatic carbocycles. The monoisotopic (exact) mass is 230 g/mol. The molecule has 17 heavy (non-hydrogen) atoms. The minimum Gasteiger partial charge on any atom is -0.316 e. The van der Waals surface area contributed by atoms with Crippen molar-refractivity contribution in [1.29, 1.82) is 0 Å². The molecule has 0 saturated carbocycles. The molecule has 0 amide bonds. The van der Waals surface area contributed by atoms with Crippen LogP contribution in [0.4, 0.5) is 0 Å². The molecule has 2 heteroatoms. The van der Waals surface area contributed by atoms with Gasteiger partial charge in [0.15, 0.2) is 0 Å². The quantitative estimate of drug-likeness (QED) is 0.837. The van der Waals surface area contributed by atoms with E-state index in [2.05, 4.69) is 40.5 Å². The lowest BCUT2D eigenvalue weighted by Crippen LogP contribution is -2.47. The smallest absolute Gasteiger partial charge is 0.0233 e. The molecule has 2 heterocycles. The van der Waals surface area contributed by atoms with Crippen molar-refractivity contribution in [2.24, 2.45) is 11.8 Å². The summed E-state index contributed by atoms with van der Waals surface area (Å²) in [6.45, 7) is 6.20. The van der Waals surface area contributed by atoms with Crippen LogP contribution in [0.1, 0.15) is 18.4 Å². The molecule has 0 bridgehead atoms. The van der Waals surface area contributed by atoms with Gasteiger partial charge in [-0.1, -0.05) is 30.3 Å². The molecule has 2 nitrogen and oxygen atoms in total. The maximum absolute atomic E-state index is 3.53. The van der Waals surface area contributed by atoms with E-state index in [1.807, 2.05) is 0 Å². The first-order valence-electron chi connectivity index (χ1n) is 6.89. The first kappa shape index (κ1) is 11.2. The molecule has 0 spiro atoms. The molecular weight excluding hydrogens is 208 g/mol. The Bertz CT molecular complexity index is 349. The van der Waals surface area contributed by atoms with Gasteiger partial charge in [0, 0.05) is 13.1 Å². The maximum Gasteiger partial charge on any atom is 0.0233 e. The average Bonchev–Trinajstić information content (AvgIpc) is 2.40. The van der Waals surface area contributed by atoms with Crippen LogP contribution in [0.2, 0.25) is 0 Å². The normalized spacial score (nSPS) is 29.9. The van der Waals surface area contributed by atoms with Gasteiger partial charge >= 0.3 is 0 Å². The van der Waals surface area contributed by atoms with E-state index in [1.54, 1.807) is 0 Å². The fraction of sp³-hybridized carbons (Fsp3) is 0.600. The van der Waals surface area contributed by atoms with Crippen LogP contribution in [0.5, 0.6) is 0 Å². The summed E-state index contributed by atoms with van der Waals surface area (Å²) in [6.07, 6.45) is 2.75. The third kappa shape index (κ3) is 2.70. The largest absolute Gasteiger partial charge is 0.316 e. The van der Waals surface area contributed by atoms with Gasteiger partial charge in [0.2, 0.25) is 0 Å². The topological polar surface area (TPSA) is 15.3 Å². The van der Waals surface area contributed by atoms with Gasteiger partial charge in [-0.05, 0) is 49.9 Å². The van der Waals surface area contributed by atoms with Crippen LogP contribution in [0, 0.1) is 11.8 Å². The van der Waals surface area contributed by atoms with Crippen molar-refractivity contribution in [3.63, 3.8) is 0 Å². The third-order valence-electron chi connectivity index (χ3n) is 4.32. The Labute approximate surface area is 104 Å². The van der Waals surface area contributed by atoms with Crippen molar-refractivity contribution in [2.75, 3.05) is 26.2 Å². The lowest BCUT2D eigenvalue weighted by Gasteiger charge is -2.41. The molecule has 92 valence electrons. The predicted molar refractivity (Wildman–Crippen MR) is 70.8 cm³/mol. The zero-order valence-electron chi connectivity index (χ0n) is 10.4. The molecule has 2 saturated heterocycles. The van der Waals surface area contributed by atoms with E-state index in [0.29, 0.717) is 0 Å². The van der Waals surface area contributed by atoms with Crippen molar-refractivity contribution in [3.05, 3.63) is 35.9 Å². The molecule has 2 aliphatic heterocycles. The molecular formula is C15H22N2. The number of hydrogen-bond acceptors (Lipinski definition) is 2. The highest BCUT2D eigenvalue weighted by Gasteiger charge is 2.30. The molecule has 0 aromatic heterocycles. The van der Waals surface area contributed by atoms with Crippen LogP contribution < -0.4 is 5.32 Å². The zero-order chi connectivity index (χ0) is 11.5. The second-order valence-electron chi connectivity index (χ2n) is 5.52. The summed E-state index contributed by atoms with van der Waals surface area (Å²) in [7, 11) is 0. The van der Waals surface area contributed by atoms with Gasteiger partial charge in [0.1, 0.15) is 0 Å². The van der Waals surface area contributed by atoms with E-state index < -0.39 is 0 Å². The first-order valence-corrected chi connectivity index (χ1v) is 6.89. The molecule has 3 rings (SSSR count). The molecule has 0 radical (unpaired) electrons. The van der Waals surface area contributed by atoms with E-state index in [0.717, 1.165) is 18.4 Å². The maximum atomic E-state index is 3.53. The van der Waals surface area contributed by atoms with E-state index in [4.69, 9.17) is 0 Å². The first-order chi connectivity index (χ1) is 8.42. The molecule has 2 aliphatic rings. The highest BCUT2D eigenvalue weighted by molar-refractivity contribution is 5.14. The lowest BCUT2D eigenvalue weighted by atomic mass is 9.81. The van der Waals surface area contributed by atoms with E-state index in [1.165, 1.54) is 44.6 Å². The molecule has 0 unspecified atom stereocenters. The number of piperidine rings is 2. The second-order valence-corrected chi connectivity index (χ2v) is 5.52. The highest BCUT2D eigenvalue weighted by Crippen LogP contribution is 2.28. The summed E-state index contributed by atoms with van der Waals surface area (Å²) in [4.78, 5) is 2.64. The van der Waals surface area contributed by atoms with Crippen LogP contribution in [-0.4, -0.2) is 31.1 Å². The van der Waals surface area contributed by atoms with Gasteiger partial charge in [0.05, 0.1) is 0 Å². The highest BCUT2D eigenvalue weighted by atomic mass is 15.1. The standard InChI is InChI=1S/C15H22N2/c1-2-4-13(5-3-1)11-17-9-7-14-10-16-8-6-15(14)12-17/h1-5,14-16H,6-12H2/t14-,15-/m1/s1. The van der Waals surface area contributed by atoms with Crippen LogP contribution in [0.15, 0.2) is 30.3 Å². The average molecular weight is 230 g/mol. The zero-order valence-corrected chi connectivity index (χ0v) is 10.4. The third-order valence-corrected chi connectivity index (χ3v) is 4.32. The van der Waals surface area contributed by atoms with Gasteiger partial charge in [-0.3, -0.25) is 4.90 Å². The molecule has 1 aromatic rings. The summed E-state index contributed by atoms with van der Waals surface area (Å²) in [6, 6.07) is 10.9. The van der Waals surface area contributed by atoms with Gasteiger partial charge in [-0.15, -0.1) is 0 Å².